The molecule has 1 aromatic carbocycles. The molecule has 0 fully saturated rings. The number of pyridine rings is 2. The van der Waals surface area contributed by atoms with Crippen LogP contribution in [0, 0.1) is 6.92 Å². The fraction of sp³-hybridized carbons (Fsp3) is 0.227. The number of rotatable bonds is 4. The number of nitrogens with zero attached hydrogens (tertiary/aromatic N) is 3. The van der Waals surface area contributed by atoms with Crippen molar-refractivity contribution < 1.29 is 22.7 Å². The number of carbonyl (C=O) groups is 1. The molecule has 3 aromatic rings. The Balaban J connectivity index is 1.55. The zero-order valence-corrected chi connectivity index (χ0v) is 18.0. The molecule has 4 rings (SSSR count). The third-order valence-corrected chi connectivity index (χ3v) is 5.78. The third kappa shape index (κ3) is 4.50. The lowest BCUT2D eigenvalue weighted by molar-refractivity contribution is -0.139. The SMILES string of the molecule is CSc1cc2c(cc1C(F)(F)F)N(C(=O)Nc1ccnc(Oc3cccnc3C)c1)CC2. The summed E-state index contributed by atoms with van der Waals surface area (Å²) in [4.78, 5) is 22.6. The van der Waals surface area contributed by atoms with Crippen LogP contribution in [0.3, 0.4) is 0 Å². The first-order valence-electron chi connectivity index (χ1n) is 9.68. The summed E-state index contributed by atoms with van der Waals surface area (Å²) in [6.45, 7) is 2.09. The zero-order chi connectivity index (χ0) is 22.9. The predicted molar refractivity (Wildman–Crippen MR) is 117 cm³/mol. The number of fused-ring (bicyclic) bond motifs is 1. The Labute approximate surface area is 186 Å². The molecular weight excluding hydrogens is 441 g/mol. The fourth-order valence-electron chi connectivity index (χ4n) is 3.44. The van der Waals surface area contributed by atoms with Gasteiger partial charge >= 0.3 is 12.2 Å². The van der Waals surface area contributed by atoms with E-state index >= 15 is 0 Å². The summed E-state index contributed by atoms with van der Waals surface area (Å²) < 4.78 is 46.1. The first-order valence-corrected chi connectivity index (χ1v) is 10.9. The Hall–Kier alpha value is -3.27. The van der Waals surface area contributed by atoms with Crippen LogP contribution in [0.1, 0.15) is 16.8 Å². The minimum absolute atomic E-state index is 0.153. The number of ether oxygens (including phenoxy) is 1. The Bertz CT molecular complexity index is 1170. The molecule has 0 unspecified atom stereocenters. The number of hydrogen-bond donors (Lipinski definition) is 1. The van der Waals surface area contributed by atoms with Crippen LogP contribution in [0.4, 0.5) is 29.3 Å². The average Bonchev–Trinajstić information content (AvgIpc) is 3.17. The van der Waals surface area contributed by atoms with Crippen LogP contribution in [-0.2, 0) is 12.6 Å². The standard InChI is InChI=1S/C22H19F3N4O2S/c1-13-18(4-3-7-26-13)31-20-11-15(5-8-27-20)28-21(30)29-9-6-14-10-19(32-2)16(12-17(14)29)22(23,24)25/h3-5,7-8,10-12H,6,9H2,1-2H3,(H,27,28,30). The molecule has 0 radical (unpaired) electrons. The zero-order valence-electron chi connectivity index (χ0n) is 17.2. The molecule has 2 aromatic heterocycles. The van der Waals surface area contributed by atoms with E-state index in [1.165, 1.54) is 17.2 Å². The van der Waals surface area contributed by atoms with Gasteiger partial charge in [0.15, 0.2) is 5.75 Å². The van der Waals surface area contributed by atoms with E-state index in [1.54, 1.807) is 43.6 Å². The van der Waals surface area contributed by atoms with Crippen molar-refractivity contribution in [3.63, 3.8) is 0 Å². The second kappa shape index (κ2) is 8.70. The quantitative estimate of drug-likeness (QED) is 0.490. The predicted octanol–water partition coefficient (Wildman–Crippen LogP) is 5.91. The van der Waals surface area contributed by atoms with E-state index < -0.39 is 17.8 Å². The highest BCUT2D eigenvalue weighted by molar-refractivity contribution is 7.98. The van der Waals surface area contributed by atoms with Crippen molar-refractivity contribution in [3.8, 4) is 11.6 Å². The molecule has 6 nitrogen and oxygen atoms in total. The molecule has 32 heavy (non-hydrogen) atoms. The van der Waals surface area contributed by atoms with Crippen LogP contribution >= 0.6 is 11.8 Å². The topological polar surface area (TPSA) is 67.4 Å². The molecule has 166 valence electrons. The maximum Gasteiger partial charge on any atom is 0.417 e. The van der Waals surface area contributed by atoms with Gasteiger partial charge in [-0.25, -0.2) is 9.78 Å². The van der Waals surface area contributed by atoms with Gasteiger partial charge in [-0.3, -0.25) is 9.88 Å². The molecule has 0 atom stereocenters. The summed E-state index contributed by atoms with van der Waals surface area (Å²) in [5.41, 5.74) is 1.33. The maximum atomic E-state index is 13.5. The molecule has 0 aliphatic carbocycles. The van der Waals surface area contributed by atoms with E-state index in [1.807, 2.05) is 0 Å². The Morgan fingerprint density at radius 2 is 2.00 bits per heavy atom. The molecule has 0 spiro atoms. The van der Waals surface area contributed by atoms with E-state index in [0.29, 0.717) is 35.7 Å². The van der Waals surface area contributed by atoms with Crippen LogP contribution in [0.25, 0.3) is 0 Å². The smallest absolute Gasteiger partial charge is 0.417 e. The molecule has 0 bridgehead atoms. The van der Waals surface area contributed by atoms with Gasteiger partial charge < -0.3 is 10.1 Å². The van der Waals surface area contributed by atoms with Crippen LogP contribution in [0.15, 0.2) is 53.7 Å². The normalized spacial score (nSPS) is 13.1. The number of amides is 2. The van der Waals surface area contributed by atoms with Gasteiger partial charge in [0.25, 0.3) is 0 Å². The molecule has 0 saturated carbocycles. The molecule has 3 heterocycles. The highest BCUT2D eigenvalue weighted by Gasteiger charge is 2.36. The van der Waals surface area contributed by atoms with Gasteiger partial charge in [0.2, 0.25) is 5.88 Å². The number of alkyl halides is 3. The molecule has 0 saturated heterocycles. The third-order valence-electron chi connectivity index (χ3n) is 5.01. The average molecular weight is 460 g/mol. The fourth-order valence-corrected chi connectivity index (χ4v) is 4.09. The minimum atomic E-state index is -4.50. The van der Waals surface area contributed by atoms with E-state index in [9.17, 15) is 18.0 Å². The van der Waals surface area contributed by atoms with Crippen molar-refractivity contribution in [2.24, 2.45) is 0 Å². The lowest BCUT2D eigenvalue weighted by Crippen LogP contribution is -2.33. The highest BCUT2D eigenvalue weighted by atomic mass is 32.2. The molecule has 10 heteroatoms. The largest absolute Gasteiger partial charge is 0.437 e. The summed E-state index contributed by atoms with van der Waals surface area (Å²) in [6, 6.07) is 8.65. The second-order valence-electron chi connectivity index (χ2n) is 7.08. The molecule has 1 aliphatic rings. The second-order valence-corrected chi connectivity index (χ2v) is 7.93. The highest BCUT2D eigenvalue weighted by Crippen LogP contribution is 2.42. The maximum absolute atomic E-state index is 13.5. The van der Waals surface area contributed by atoms with Crippen LogP contribution < -0.4 is 15.0 Å². The van der Waals surface area contributed by atoms with Gasteiger partial charge in [0, 0.05) is 41.3 Å². The number of nitrogens with one attached hydrogen (secondary N) is 1. The number of urea groups is 1. The van der Waals surface area contributed by atoms with Crippen LogP contribution in [-0.4, -0.2) is 28.8 Å². The van der Waals surface area contributed by atoms with Crippen molar-refractivity contribution in [2.75, 3.05) is 23.0 Å². The van der Waals surface area contributed by atoms with Gasteiger partial charge in [-0.2, -0.15) is 13.2 Å². The van der Waals surface area contributed by atoms with Gasteiger partial charge in [0.1, 0.15) is 0 Å². The van der Waals surface area contributed by atoms with E-state index in [2.05, 4.69) is 15.3 Å². The number of thioether (sulfide) groups is 1. The van der Waals surface area contributed by atoms with Crippen molar-refractivity contribution >= 4 is 29.2 Å². The number of benzene rings is 1. The van der Waals surface area contributed by atoms with Crippen molar-refractivity contribution in [2.45, 2.75) is 24.4 Å². The van der Waals surface area contributed by atoms with Crippen molar-refractivity contribution in [3.05, 3.63) is 65.6 Å². The van der Waals surface area contributed by atoms with E-state index in [4.69, 9.17) is 4.74 Å². The first kappa shape index (κ1) is 21.9. The Morgan fingerprint density at radius 3 is 2.72 bits per heavy atom. The Morgan fingerprint density at radius 1 is 1.19 bits per heavy atom. The summed E-state index contributed by atoms with van der Waals surface area (Å²) >= 11 is 1.04. The number of hydrogen-bond acceptors (Lipinski definition) is 5. The summed E-state index contributed by atoms with van der Waals surface area (Å²) in [7, 11) is 0. The van der Waals surface area contributed by atoms with Gasteiger partial charge in [0.05, 0.1) is 11.3 Å². The van der Waals surface area contributed by atoms with Crippen LogP contribution in [0.2, 0.25) is 0 Å². The van der Waals surface area contributed by atoms with E-state index in [0.717, 1.165) is 17.8 Å². The monoisotopic (exact) mass is 460 g/mol. The summed E-state index contributed by atoms with van der Waals surface area (Å²) in [6.07, 6.45) is 0.708. The molecule has 2 amide bonds. The van der Waals surface area contributed by atoms with E-state index in [-0.39, 0.29) is 16.5 Å². The van der Waals surface area contributed by atoms with Crippen LogP contribution in [0.5, 0.6) is 11.6 Å². The number of aryl methyl sites for hydroxylation is 1. The minimum Gasteiger partial charge on any atom is -0.437 e. The summed E-state index contributed by atoms with van der Waals surface area (Å²) in [5, 5.41) is 2.72. The molecular formula is C22H19F3N4O2S. The van der Waals surface area contributed by atoms with Gasteiger partial charge in [-0.15, -0.1) is 11.8 Å². The lowest BCUT2D eigenvalue weighted by Gasteiger charge is -2.20. The molecule has 1 aliphatic heterocycles. The number of carbonyl (C=O) groups excluding carboxylic acids is 1. The number of halogens is 3. The summed E-state index contributed by atoms with van der Waals surface area (Å²) in [5.74, 6) is 0.783. The molecule has 1 N–H and O–H groups in total. The number of anilines is 2. The Kier molecular flexibility index (Phi) is 5.96. The lowest BCUT2D eigenvalue weighted by atomic mass is 10.1. The number of aromatic nitrogens is 2. The van der Waals surface area contributed by atoms with Crippen molar-refractivity contribution in [1.82, 2.24) is 9.97 Å². The van der Waals surface area contributed by atoms with Gasteiger partial charge in [-0.1, -0.05) is 0 Å². The first-order chi connectivity index (χ1) is 15.3. The van der Waals surface area contributed by atoms with Gasteiger partial charge in [-0.05, 0) is 55.5 Å². The van der Waals surface area contributed by atoms with Crippen molar-refractivity contribution in [1.29, 1.82) is 0 Å².